The van der Waals surface area contributed by atoms with Crippen LogP contribution in [0.2, 0.25) is 5.02 Å². The second kappa shape index (κ2) is 7.02. The molecular formula is C11H12ClF3N2OS. The fourth-order valence-corrected chi connectivity index (χ4v) is 2.04. The molecule has 0 atom stereocenters. The number of carbonyl (C=O) groups is 1. The summed E-state index contributed by atoms with van der Waals surface area (Å²) in [7, 11) is 0. The largest absolute Gasteiger partial charge is 0.418 e. The second-order valence-electron chi connectivity index (χ2n) is 3.58. The van der Waals surface area contributed by atoms with Gasteiger partial charge in [0.2, 0.25) is 5.91 Å². The van der Waals surface area contributed by atoms with Crippen LogP contribution in [-0.2, 0) is 11.0 Å². The Kier molecular flexibility index (Phi) is 5.96. The number of alkyl halides is 3. The van der Waals surface area contributed by atoms with E-state index in [0.717, 1.165) is 12.1 Å². The third-order valence-corrected chi connectivity index (χ3v) is 3.28. The van der Waals surface area contributed by atoms with Crippen LogP contribution in [0.4, 0.5) is 18.9 Å². The molecule has 0 saturated heterocycles. The quantitative estimate of drug-likeness (QED) is 0.822. The van der Waals surface area contributed by atoms with Gasteiger partial charge in [-0.3, -0.25) is 4.79 Å². The molecule has 0 spiro atoms. The van der Waals surface area contributed by atoms with E-state index in [1.807, 2.05) is 0 Å². The second-order valence-corrected chi connectivity index (χ2v) is 5.12. The molecule has 0 aliphatic rings. The molecule has 19 heavy (non-hydrogen) atoms. The Labute approximate surface area is 117 Å². The minimum Gasteiger partial charge on any atom is -0.330 e. The van der Waals surface area contributed by atoms with E-state index in [1.54, 1.807) is 0 Å². The average Bonchev–Trinajstić information content (AvgIpc) is 2.30. The predicted molar refractivity (Wildman–Crippen MR) is 71.5 cm³/mol. The van der Waals surface area contributed by atoms with Crippen molar-refractivity contribution in [3.63, 3.8) is 0 Å². The van der Waals surface area contributed by atoms with E-state index in [9.17, 15) is 18.0 Å². The van der Waals surface area contributed by atoms with Gasteiger partial charge in [0, 0.05) is 17.3 Å². The van der Waals surface area contributed by atoms with Crippen LogP contribution in [0.3, 0.4) is 0 Å². The average molecular weight is 313 g/mol. The van der Waals surface area contributed by atoms with Crippen LogP contribution in [-0.4, -0.2) is 24.0 Å². The van der Waals surface area contributed by atoms with Crippen molar-refractivity contribution >= 4 is 35.0 Å². The SMILES string of the molecule is NCCSCC(=O)Nc1ccc(Cl)cc1C(F)(F)F. The van der Waals surface area contributed by atoms with Crippen LogP contribution in [0.5, 0.6) is 0 Å². The minimum absolute atomic E-state index is 0.0390. The first-order valence-corrected chi connectivity index (χ1v) is 6.82. The number of thioether (sulfide) groups is 1. The Hall–Kier alpha value is -0.920. The smallest absolute Gasteiger partial charge is 0.330 e. The lowest BCUT2D eigenvalue weighted by Gasteiger charge is -2.14. The summed E-state index contributed by atoms with van der Waals surface area (Å²) in [5, 5.41) is 2.18. The van der Waals surface area contributed by atoms with Gasteiger partial charge in [-0.05, 0) is 18.2 Å². The molecule has 1 amide bonds. The molecule has 0 aliphatic carbocycles. The lowest BCUT2D eigenvalue weighted by atomic mass is 10.1. The van der Waals surface area contributed by atoms with Crippen molar-refractivity contribution in [2.24, 2.45) is 5.73 Å². The zero-order valence-electron chi connectivity index (χ0n) is 9.76. The Bertz CT molecular complexity index is 454. The van der Waals surface area contributed by atoms with Crippen molar-refractivity contribution in [2.45, 2.75) is 6.18 Å². The van der Waals surface area contributed by atoms with Crippen molar-refractivity contribution in [3.05, 3.63) is 28.8 Å². The van der Waals surface area contributed by atoms with Gasteiger partial charge in [0.05, 0.1) is 17.0 Å². The first-order chi connectivity index (χ1) is 8.84. The number of benzene rings is 1. The van der Waals surface area contributed by atoms with E-state index in [0.29, 0.717) is 12.3 Å². The summed E-state index contributed by atoms with van der Waals surface area (Å²) in [6.07, 6.45) is -4.57. The number of hydrogen-bond donors (Lipinski definition) is 2. The molecule has 0 unspecified atom stereocenters. The van der Waals surface area contributed by atoms with Gasteiger partial charge in [0.15, 0.2) is 0 Å². The summed E-state index contributed by atoms with van der Waals surface area (Å²) >= 11 is 6.78. The van der Waals surface area contributed by atoms with Crippen LogP contribution < -0.4 is 11.1 Å². The van der Waals surface area contributed by atoms with Crippen LogP contribution in [0.25, 0.3) is 0 Å². The van der Waals surface area contributed by atoms with Crippen molar-refractivity contribution in [2.75, 3.05) is 23.4 Å². The lowest BCUT2D eigenvalue weighted by Crippen LogP contribution is -2.18. The molecule has 0 saturated carbocycles. The Morgan fingerprint density at radius 3 is 2.68 bits per heavy atom. The Morgan fingerprint density at radius 2 is 2.11 bits per heavy atom. The molecule has 1 aromatic rings. The summed E-state index contributed by atoms with van der Waals surface area (Å²) in [5.41, 5.74) is 3.99. The van der Waals surface area contributed by atoms with Gasteiger partial charge in [-0.1, -0.05) is 11.6 Å². The fraction of sp³-hybridized carbons (Fsp3) is 0.364. The summed E-state index contributed by atoms with van der Waals surface area (Å²) in [5.74, 6) is 0.114. The van der Waals surface area contributed by atoms with E-state index in [4.69, 9.17) is 17.3 Å². The number of rotatable bonds is 5. The van der Waals surface area contributed by atoms with Crippen molar-refractivity contribution in [1.82, 2.24) is 0 Å². The van der Waals surface area contributed by atoms with Crippen LogP contribution in [0, 0.1) is 0 Å². The van der Waals surface area contributed by atoms with Crippen molar-refractivity contribution in [3.8, 4) is 0 Å². The molecule has 0 bridgehead atoms. The van der Waals surface area contributed by atoms with Gasteiger partial charge in [-0.15, -0.1) is 0 Å². The number of nitrogens with two attached hydrogens (primary N) is 1. The first-order valence-electron chi connectivity index (χ1n) is 5.29. The molecule has 0 aliphatic heterocycles. The first kappa shape index (κ1) is 16.1. The summed E-state index contributed by atoms with van der Waals surface area (Å²) in [4.78, 5) is 11.5. The van der Waals surface area contributed by atoms with Gasteiger partial charge in [0.1, 0.15) is 0 Å². The molecular weight excluding hydrogens is 301 g/mol. The zero-order chi connectivity index (χ0) is 14.5. The summed E-state index contributed by atoms with van der Waals surface area (Å²) in [6.45, 7) is 0.409. The highest BCUT2D eigenvalue weighted by molar-refractivity contribution is 7.99. The monoisotopic (exact) mass is 312 g/mol. The van der Waals surface area contributed by atoms with Crippen LogP contribution in [0.15, 0.2) is 18.2 Å². The lowest BCUT2D eigenvalue weighted by molar-refractivity contribution is -0.136. The molecule has 0 aromatic heterocycles. The number of anilines is 1. The highest BCUT2D eigenvalue weighted by Gasteiger charge is 2.34. The van der Waals surface area contributed by atoms with Gasteiger partial charge in [-0.2, -0.15) is 24.9 Å². The van der Waals surface area contributed by atoms with E-state index in [-0.39, 0.29) is 16.5 Å². The number of amides is 1. The fourth-order valence-electron chi connectivity index (χ4n) is 1.29. The maximum Gasteiger partial charge on any atom is 0.418 e. The number of halogens is 4. The van der Waals surface area contributed by atoms with E-state index in [1.165, 1.54) is 17.8 Å². The van der Waals surface area contributed by atoms with Crippen molar-refractivity contribution in [1.29, 1.82) is 0 Å². The summed E-state index contributed by atoms with van der Waals surface area (Å²) < 4.78 is 38.3. The molecule has 3 N–H and O–H groups in total. The Balaban J connectivity index is 2.80. The van der Waals surface area contributed by atoms with Gasteiger partial charge in [-0.25, -0.2) is 0 Å². The number of nitrogens with one attached hydrogen (secondary N) is 1. The third-order valence-electron chi connectivity index (χ3n) is 2.06. The maximum absolute atomic E-state index is 12.8. The number of carbonyl (C=O) groups excluding carboxylic acids is 1. The topological polar surface area (TPSA) is 55.1 Å². The van der Waals surface area contributed by atoms with Crippen LogP contribution in [0.1, 0.15) is 5.56 Å². The zero-order valence-corrected chi connectivity index (χ0v) is 11.3. The summed E-state index contributed by atoms with van der Waals surface area (Å²) in [6, 6.07) is 3.21. The molecule has 0 radical (unpaired) electrons. The number of hydrogen-bond acceptors (Lipinski definition) is 3. The van der Waals surface area contributed by atoms with Crippen molar-refractivity contribution < 1.29 is 18.0 Å². The molecule has 0 heterocycles. The molecule has 1 rings (SSSR count). The molecule has 3 nitrogen and oxygen atoms in total. The molecule has 1 aromatic carbocycles. The highest BCUT2D eigenvalue weighted by atomic mass is 35.5. The molecule has 8 heteroatoms. The van der Waals surface area contributed by atoms with E-state index in [2.05, 4.69) is 5.32 Å². The predicted octanol–water partition coefficient (Wildman–Crippen LogP) is 2.99. The van der Waals surface area contributed by atoms with E-state index < -0.39 is 17.6 Å². The molecule has 106 valence electrons. The van der Waals surface area contributed by atoms with Gasteiger partial charge in [0.25, 0.3) is 0 Å². The third kappa shape index (κ3) is 5.30. The molecule has 0 fully saturated rings. The standard InChI is InChI=1S/C11H12ClF3N2OS/c12-7-1-2-9(8(5-7)11(13,14)15)17-10(18)6-19-4-3-16/h1-2,5H,3-4,6,16H2,(H,17,18). The van der Waals surface area contributed by atoms with Gasteiger partial charge < -0.3 is 11.1 Å². The van der Waals surface area contributed by atoms with Crippen LogP contribution >= 0.6 is 23.4 Å². The Morgan fingerprint density at radius 1 is 1.42 bits per heavy atom. The van der Waals surface area contributed by atoms with E-state index >= 15 is 0 Å². The maximum atomic E-state index is 12.8. The minimum atomic E-state index is -4.57. The highest BCUT2D eigenvalue weighted by Crippen LogP contribution is 2.36. The normalized spacial score (nSPS) is 11.4. The van der Waals surface area contributed by atoms with Gasteiger partial charge >= 0.3 is 6.18 Å².